The van der Waals surface area contributed by atoms with E-state index in [1.54, 1.807) is 11.8 Å². The van der Waals surface area contributed by atoms with E-state index in [1.807, 2.05) is 56.3 Å². The van der Waals surface area contributed by atoms with Crippen LogP contribution in [-0.2, 0) is 16.1 Å². The average Bonchev–Trinajstić information content (AvgIpc) is 3.26. The molecule has 0 radical (unpaired) electrons. The van der Waals surface area contributed by atoms with E-state index in [0.717, 1.165) is 46.8 Å². The number of nitrogens with zero attached hydrogens (tertiary/aromatic N) is 1. The molecule has 2 amide bonds. The Balaban J connectivity index is 1.73. The molecule has 6 heteroatoms. The van der Waals surface area contributed by atoms with Crippen LogP contribution in [0.3, 0.4) is 0 Å². The Morgan fingerprint density at radius 1 is 1.13 bits per heavy atom. The number of amides is 2. The number of carbonyl (C=O) groups is 2. The Morgan fingerprint density at radius 3 is 2.48 bits per heavy atom. The highest BCUT2D eigenvalue weighted by Crippen LogP contribution is 2.22. The molecule has 0 spiro atoms. The van der Waals surface area contributed by atoms with Crippen LogP contribution in [0.15, 0.2) is 46.9 Å². The summed E-state index contributed by atoms with van der Waals surface area (Å²) in [6, 6.07) is 13.2. The summed E-state index contributed by atoms with van der Waals surface area (Å²) in [6.45, 7) is 6.02. The highest BCUT2D eigenvalue weighted by atomic mass is 79.9. The van der Waals surface area contributed by atoms with Crippen molar-refractivity contribution in [3.63, 3.8) is 0 Å². The van der Waals surface area contributed by atoms with Gasteiger partial charge >= 0.3 is 0 Å². The molecule has 1 aliphatic rings. The van der Waals surface area contributed by atoms with Crippen molar-refractivity contribution in [3.8, 4) is 5.75 Å². The van der Waals surface area contributed by atoms with E-state index in [9.17, 15) is 9.59 Å². The van der Waals surface area contributed by atoms with E-state index in [-0.39, 0.29) is 24.5 Å². The van der Waals surface area contributed by atoms with Crippen molar-refractivity contribution in [2.45, 2.75) is 65.1 Å². The fraction of sp³-hybridized carbons (Fsp3) is 0.440. The monoisotopic (exact) mass is 486 g/mol. The van der Waals surface area contributed by atoms with Gasteiger partial charge in [0.2, 0.25) is 5.91 Å². The van der Waals surface area contributed by atoms with Gasteiger partial charge in [0.25, 0.3) is 5.91 Å². The molecule has 31 heavy (non-hydrogen) atoms. The van der Waals surface area contributed by atoms with E-state index in [2.05, 4.69) is 21.2 Å². The Kier molecular flexibility index (Phi) is 8.13. The van der Waals surface area contributed by atoms with Gasteiger partial charge in [-0.25, -0.2) is 0 Å². The summed E-state index contributed by atoms with van der Waals surface area (Å²) >= 11 is 3.44. The molecule has 2 aromatic rings. The van der Waals surface area contributed by atoms with Crippen LogP contribution < -0.4 is 10.1 Å². The van der Waals surface area contributed by atoms with Crippen molar-refractivity contribution < 1.29 is 14.3 Å². The second kappa shape index (κ2) is 10.8. The first-order valence-corrected chi connectivity index (χ1v) is 11.7. The summed E-state index contributed by atoms with van der Waals surface area (Å²) in [6.07, 6.45) is 4.30. The van der Waals surface area contributed by atoms with E-state index in [4.69, 9.17) is 4.74 Å². The highest BCUT2D eigenvalue weighted by molar-refractivity contribution is 9.10. The second-order valence-corrected chi connectivity index (χ2v) is 9.22. The molecule has 0 aromatic heterocycles. The van der Waals surface area contributed by atoms with E-state index in [0.29, 0.717) is 12.3 Å². The van der Waals surface area contributed by atoms with Crippen molar-refractivity contribution in [1.29, 1.82) is 0 Å². The molecule has 5 nitrogen and oxygen atoms in total. The Bertz CT molecular complexity index is 907. The first-order valence-electron chi connectivity index (χ1n) is 10.9. The Morgan fingerprint density at radius 2 is 1.81 bits per heavy atom. The summed E-state index contributed by atoms with van der Waals surface area (Å²) in [5.41, 5.74) is 3.09. The number of benzene rings is 2. The van der Waals surface area contributed by atoms with Gasteiger partial charge in [-0.2, -0.15) is 0 Å². The zero-order chi connectivity index (χ0) is 22.4. The number of nitrogens with one attached hydrogen (secondary N) is 1. The van der Waals surface area contributed by atoms with E-state index >= 15 is 0 Å². The number of ether oxygens (including phenoxy) is 1. The fourth-order valence-electron chi connectivity index (χ4n) is 3.86. The van der Waals surface area contributed by atoms with Gasteiger partial charge in [0.05, 0.1) is 0 Å². The second-order valence-electron chi connectivity index (χ2n) is 8.30. The minimum Gasteiger partial charge on any atom is -0.483 e. The maximum absolute atomic E-state index is 13.2. The van der Waals surface area contributed by atoms with Crippen molar-refractivity contribution in [2.24, 2.45) is 0 Å². The Hall–Kier alpha value is -2.34. The van der Waals surface area contributed by atoms with Gasteiger partial charge in [-0.3, -0.25) is 9.59 Å². The van der Waals surface area contributed by atoms with Crippen LogP contribution in [0.5, 0.6) is 5.75 Å². The van der Waals surface area contributed by atoms with Crippen LogP contribution in [0.1, 0.15) is 49.3 Å². The molecule has 3 rings (SSSR count). The zero-order valence-electron chi connectivity index (χ0n) is 18.5. The lowest BCUT2D eigenvalue weighted by Crippen LogP contribution is -2.50. The van der Waals surface area contributed by atoms with E-state index < -0.39 is 6.04 Å². The molecule has 1 fully saturated rings. The zero-order valence-corrected chi connectivity index (χ0v) is 20.1. The van der Waals surface area contributed by atoms with Gasteiger partial charge in [0.15, 0.2) is 6.61 Å². The van der Waals surface area contributed by atoms with Crippen molar-refractivity contribution >= 4 is 27.7 Å². The van der Waals surface area contributed by atoms with Crippen LogP contribution in [0.4, 0.5) is 0 Å². The maximum Gasteiger partial charge on any atom is 0.261 e. The molecule has 1 saturated carbocycles. The number of halogens is 1. The minimum atomic E-state index is -0.584. The average molecular weight is 487 g/mol. The van der Waals surface area contributed by atoms with Crippen LogP contribution in [-0.4, -0.2) is 35.4 Å². The number of rotatable bonds is 8. The Labute approximate surface area is 193 Å². The summed E-state index contributed by atoms with van der Waals surface area (Å²) in [5, 5.41) is 3.12. The van der Waals surface area contributed by atoms with Gasteiger partial charge in [0.1, 0.15) is 11.8 Å². The molecule has 2 aromatic carbocycles. The molecule has 1 aliphatic carbocycles. The highest BCUT2D eigenvalue weighted by Gasteiger charge is 2.28. The van der Waals surface area contributed by atoms with Gasteiger partial charge in [-0.05, 0) is 68.5 Å². The largest absolute Gasteiger partial charge is 0.483 e. The molecule has 1 atom stereocenters. The van der Waals surface area contributed by atoms with Crippen LogP contribution in [0, 0.1) is 13.8 Å². The van der Waals surface area contributed by atoms with Gasteiger partial charge < -0.3 is 15.0 Å². The maximum atomic E-state index is 13.2. The smallest absolute Gasteiger partial charge is 0.261 e. The lowest BCUT2D eigenvalue weighted by atomic mass is 10.1. The molecule has 0 saturated heterocycles. The molecule has 1 unspecified atom stereocenters. The molecule has 0 bridgehead atoms. The quantitative estimate of drug-likeness (QED) is 0.575. The van der Waals surface area contributed by atoms with Gasteiger partial charge in [-0.1, -0.05) is 53.0 Å². The standard InChI is InChI=1S/C25H31BrN2O3/c1-17-7-6-10-23(18(17)2)31-16-24(29)28(15-20-11-13-21(26)14-12-20)19(3)25(30)27-22-8-4-5-9-22/h6-7,10-14,19,22H,4-5,8-9,15-16H2,1-3H3,(H,27,30). The lowest BCUT2D eigenvalue weighted by Gasteiger charge is -2.29. The summed E-state index contributed by atoms with van der Waals surface area (Å²) in [7, 11) is 0. The molecular formula is C25H31BrN2O3. The minimum absolute atomic E-state index is 0.107. The third kappa shape index (κ3) is 6.33. The molecule has 0 heterocycles. The molecule has 1 N–H and O–H groups in total. The SMILES string of the molecule is Cc1cccc(OCC(=O)N(Cc2ccc(Br)cc2)C(C)C(=O)NC2CCCC2)c1C. The summed E-state index contributed by atoms with van der Waals surface area (Å²) < 4.78 is 6.82. The first kappa shape index (κ1) is 23.3. The number of carbonyl (C=O) groups excluding carboxylic acids is 2. The van der Waals surface area contributed by atoms with Crippen molar-refractivity contribution in [3.05, 3.63) is 63.6 Å². The first-order chi connectivity index (χ1) is 14.8. The fourth-order valence-corrected chi connectivity index (χ4v) is 4.13. The number of aryl methyl sites for hydroxylation is 1. The third-order valence-corrected chi connectivity index (χ3v) is 6.57. The van der Waals surface area contributed by atoms with Crippen LogP contribution >= 0.6 is 15.9 Å². The normalized spacial score (nSPS) is 14.8. The summed E-state index contributed by atoms with van der Waals surface area (Å²) in [4.78, 5) is 27.7. The van der Waals surface area contributed by atoms with Crippen molar-refractivity contribution in [1.82, 2.24) is 10.2 Å². The third-order valence-electron chi connectivity index (χ3n) is 6.04. The number of hydrogen-bond acceptors (Lipinski definition) is 3. The predicted molar refractivity (Wildman–Crippen MR) is 126 cm³/mol. The molecule has 0 aliphatic heterocycles. The molecule has 166 valence electrons. The van der Waals surface area contributed by atoms with Crippen LogP contribution in [0.25, 0.3) is 0 Å². The van der Waals surface area contributed by atoms with E-state index in [1.165, 1.54) is 0 Å². The topological polar surface area (TPSA) is 58.6 Å². The summed E-state index contributed by atoms with van der Waals surface area (Å²) in [5.74, 6) is 0.377. The van der Waals surface area contributed by atoms with Crippen molar-refractivity contribution in [2.75, 3.05) is 6.61 Å². The lowest BCUT2D eigenvalue weighted by molar-refractivity contribution is -0.142. The van der Waals surface area contributed by atoms with Gasteiger partial charge in [-0.15, -0.1) is 0 Å². The molecular weight excluding hydrogens is 456 g/mol. The van der Waals surface area contributed by atoms with Crippen LogP contribution in [0.2, 0.25) is 0 Å². The number of hydrogen-bond donors (Lipinski definition) is 1. The predicted octanol–water partition coefficient (Wildman–Crippen LogP) is 4.92. The van der Waals surface area contributed by atoms with Gasteiger partial charge in [0, 0.05) is 17.1 Å².